The highest BCUT2D eigenvalue weighted by Gasteiger charge is 2.13. The van der Waals surface area contributed by atoms with Crippen LogP contribution in [0.3, 0.4) is 0 Å². The predicted octanol–water partition coefficient (Wildman–Crippen LogP) is 4.16. The maximum atomic E-state index is 11.2. The number of anilines is 3. The second kappa shape index (κ2) is 9.31. The highest BCUT2D eigenvalue weighted by Crippen LogP contribution is 2.23. The standard InChI is InChI=1S/C23H18N8O4/c1-13-5-7-16(8-6-13)27-29-20-19(25-21-22(26-20)31-35-30-21)28-24-12-17-9-10-18(34-17)14-3-2-4-15(11-14)23(32)33/h2-12,27H,1H3,(H,32,33)(H,25,28,30)(H,26,29,31)/b24-12+. The second-order valence-electron chi connectivity index (χ2n) is 7.41. The molecule has 5 rings (SSSR count). The first-order valence-corrected chi connectivity index (χ1v) is 10.4. The van der Waals surface area contributed by atoms with E-state index in [4.69, 9.17) is 9.05 Å². The molecule has 174 valence electrons. The van der Waals surface area contributed by atoms with E-state index in [1.165, 1.54) is 18.3 Å². The molecule has 3 aromatic heterocycles. The summed E-state index contributed by atoms with van der Waals surface area (Å²) >= 11 is 0. The van der Waals surface area contributed by atoms with Crippen LogP contribution in [0, 0.1) is 6.92 Å². The summed E-state index contributed by atoms with van der Waals surface area (Å²) in [7, 11) is 0. The number of benzene rings is 2. The molecule has 0 aliphatic carbocycles. The van der Waals surface area contributed by atoms with Crippen LogP contribution in [-0.2, 0) is 0 Å². The van der Waals surface area contributed by atoms with Crippen molar-refractivity contribution in [2.24, 2.45) is 5.10 Å². The molecule has 35 heavy (non-hydrogen) atoms. The first-order valence-electron chi connectivity index (χ1n) is 10.4. The van der Waals surface area contributed by atoms with Crippen molar-refractivity contribution in [3.8, 4) is 11.3 Å². The summed E-state index contributed by atoms with van der Waals surface area (Å²) in [5, 5.41) is 20.8. The lowest BCUT2D eigenvalue weighted by Gasteiger charge is -2.11. The van der Waals surface area contributed by atoms with E-state index in [0.717, 1.165) is 11.3 Å². The van der Waals surface area contributed by atoms with E-state index in [1.54, 1.807) is 24.3 Å². The summed E-state index contributed by atoms with van der Waals surface area (Å²) in [4.78, 5) is 19.9. The van der Waals surface area contributed by atoms with Crippen LogP contribution in [0.2, 0.25) is 0 Å². The molecule has 0 amide bonds. The molecule has 2 aromatic carbocycles. The Kier molecular flexibility index (Phi) is 5.74. The number of carboxylic acids is 1. The Hall–Kier alpha value is -5.26. The van der Waals surface area contributed by atoms with Gasteiger partial charge < -0.3 is 9.52 Å². The Labute approximate surface area is 197 Å². The molecule has 0 saturated carbocycles. The minimum absolute atomic E-state index is 0.173. The summed E-state index contributed by atoms with van der Waals surface area (Å²) in [5.74, 6) is 0.527. The first-order chi connectivity index (χ1) is 17.0. The molecule has 0 radical (unpaired) electrons. The summed E-state index contributed by atoms with van der Waals surface area (Å²) < 4.78 is 10.5. The molecule has 0 aliphatic rings. The van der Waals surface area contributed by atoms with Crippen molar-refractivity contribution in [3.05, 3.63) is 77.6 Å². The van der Waals surface area contributed by atoms with E-state index >= 15 is 0 Å². The molecule has 0 saturated heterocycles. The highest BCUT2D eigenvalue weighted by atomic mass is 16.6. The van der Waals surface area contributed by atoms with Crippen LogP contribution < -0.4 is 16.3 Å². The van der Waals surface area contributed by atoms with Gasteiger partial charge in [-0.3, -0.25) is 16.3 Å². The number of nitrogens with zero attached hydrogens (tertiary/aromatic N) is 5. The molecule has 0 aliphatic heterocycles. The van der Waals surface area contributed by atoms with E-state index in [0.29, 0.717) is 22.9 Å². The molecule has 3 heterocycles. The topological polar surface area (TPSA) is 164 Å². The average molecular weight is 470 g/mol. The number of hydrogen-bond acceptors (Lipinski definition) is 11. The number of nitrogens with one attached hydrogen (secondary N) is 3. The molecule has 4 N–H and O–H groups in total. The van der Waals surface area contributed by atoms with Crippen molar-refractivity contribution < 1.29 is 18.9 Å². The average Bonchev–Trinajstić information content (AvgIpc) is 3.53. The third-order valence-electron chi connectivity index (χ3n) is 4.87. The van der Waals surface area contributed by atoms with Gasteiger partial charge in [0.15, 0.2) is 11.6 Å². The van der Waals surface area contributed by atoms with Crippen molar-refractivity contribution in [2.75, 3.05) is 16.3 Å². The molecular formula is C23H18N8O4. The van der Waals surface area contributed by atoms with Gasteiger partial charge in [0.1, 0.15) is 11.5 Å². The summed E-state index contributed by atoms with van der Waals surface area (Å²) in [6.45, 7) is 2.00. The number of hydrazine groups is 1. The van der Waals surface area contributed by atoms with Gasteiger partial charge in [0, 0.05) is 5.56 Å². The lowest BCUT2D eigenvalue weighted by Crippen LogP contribution is -2.13. The van der Waals surface area contributed by atoms with E-state index < -0.39 is 5.97 Å². The van der Waals surface area contributed by atoms with Gasteiger partial charge in [0.25, 0.3) is 0 Å². The molecule has 0 spiro atoms. The lowest BCUT2D eigenvalue weighted by molar-refractivity contribution is 0.0697. The maximum absolute atomic E-state index is 11.2. The summed E-state index contributed by atoms with van der Waals surface area (Å²) in [6, 6.07) is 17.7. The number of aromatic carboxylic acids is 1. The number of furan rings is 1. The van der Waals surface area contributed by atoms with Crippen LogP contribution in [0.15, 0.2) is 74.8 Å². The van der Waals surface area contributed by atoms with Crippen LogP contribution in [0.5, 0.6) is 0 Å². The Morgan fingerprint density at radius 3 is 2.51 bits per heavy atom. The Morgan fingerprint density at radius 2 is 1.74 bits per heavy atom. The zero-order valence-electron chi connectivity index (χ0n) is 18.3. The smallest absolute Gasteiger partial charge is 0.335 e. The molecule has 12 heteroatoms. The van der Waals surface area contributed by atoms with Gasteiger partial charge in [-0.2, -0.15) is 15.1 Å². The zero-order chi connectivity index (χ0) is 24.2. The van der Waals surface area contributed by atoms with Crippen molar-refractivity contribution in [1.82, 2.24) is 20.3 Å². The van der Waals surface area contributed by atoms with Crippen molar-refractivity contribution in [1.29, 1.82) is 0 Å². The Morgan fingerprint density at radius 1 is 0.971 bits per heavy atom. The number of hydrazone groups is 1. The van der Waals surface area contributed by atoms with Gasteiger partial charge >= 0.3 is 5.97 Å². The molecule has 0 fully saturated rings. The zero-order valence-corrected chi connectivity index (χ0v) is 18.3. The number of carboxylic acid groups (broad SMARTS) is 1. The number of fused-ring (bicyclic) bond motifs is 1. The van der Waals surface area contributed by atoms with Crippen LogP contribution in [0.4, 0.5) is 17.3 Å². The molecule has 0 unspecified atom stereocenters. The fourth-order valence-corrected chi connectivity index (χ4v) is 3.11. The largest absolute Gasteiger partial charge is 0.478 e. The highest BCUT2D eigenvalue weighted by molar-refractivity contribution is 5.89. The van der Waals surface area contributed by atoms with Crippen molar-refractivity contribution in [2.45, 2.75) is 6.92 Å². The quantitative estimate of drug-likeness (QED) is 0.190. The van der Waals surface area contributed by atoms with Gasteiger partial charge in [-0.25, -0.2) is 9.42 Å². The normalized spacial score (nSPS) is 11.1. The van der Waals surface area contributed by atoms with Gasteiger partial charge in [-0.05, 0) is 53.6 Å². The third kappa shape index (κ3) is 4.90. The van der Waals surface area contributed by atoms with Crippen LogP contribution in [0.1, 0.15) is 21.7 Å². The Bertz CT molecular complexity index is 1520. The number of carbonyl (C=O) groups is 1. The molecule has 0 atom stereocenters. The number of aryl methyl sites for hydroxylation is 1. The van der Waals surface area contributed by atoms with Gasteiger partial charge in [0.05, 0.1) is 17.5 Å². The van der Waals surface area contributed by atoms with E-state index in [-0.39, 0.29) is 22.7 Å². The van der Waals surface area contributed by atoms with Crippen LogP contribution >= 0.6 is 0 Å². The lowest BCUT2D eigenvalue weighted by atomic mass is 10.1. The summed E-state index contributed by atoms with van der Waals surface area (Å²) in [6.07, 6.45) is 1.45. The second-order valence-corrected chi connectivity index (χ2v) is 7.41. The SMILES string of the molecule is Cc1ccc(NNc2nc3nonc3nc2N/N=C/c2ccc(-c3cccc(C(=O)O)c3)o2)cc1. The number of hydrogen-bond donors (Lipinski definition) is 4. The van der Waals surface area contributed by atoms with E-state index in [1.807, 2.05) is 31.2 Å². The monoisotopic (exact) mass is 470 g/mol. The minimum atomic E-state index is -1.01. The van der Waals surface area contributed by atoms with Gasteiger partial charge in [-0.1, -0.05) is 29.8 Å². The van der Waals surface area contributed by atoms with E-state index in [9.17, 15) is 9.90 Å². The summed E-state index contributed by atoms with van der Waals surface area (Å²) in [5.41, 5.74) is 12.0. The number of rotatable bonds is 8. The molecular weight excluding hydrogens is 452 g/mol. The van der Waals surface area contributed by atoms with Crippen molar-refractivity contribution in [3.63, 3.8) is 0 Å². The fourth-order valence-electron chi connectivity index (χ4n) is 3.11. The molecule has 0 bridgehead atoms. The predicted molar refractivity (Wildman–Crippen MR) is 128 cm³/mol. The van der Waals surface area contributed by atoms with Crippen molar-refractivity contribution >= 4 is 40.8 Å². The minimum Gasteiger partial charge on any atom is -0.478 e. The van der Waals surface area contributed by atoms with Crippen LogP contribution in [-0.4, -0.2) is 37.6 Å². The molecule has 5 aromatic rings. The van der Waals surface area contributed by atoms with Gasteiger partial charge in [0.2, 0.25) is 11.3 Å². The molecule has 12 nitrogen and oxygen atoms in total. The first kappa shape index (κ1) is 21.6. The van der Waals surface area contributed by atoms with E-state index in [2.05, 4.69) is 41.7 Å². The van der Waals surface area contributed by atoms with Gasteiger partial charge in [-0.15, -0.1) is 0 Å². The third-order valence-corrected chi connectivity index (χ3v) is 4.87. The Balaban J connectivity index is 1.32. The fraction of sp³-hybridized carbons (Fsp3) is 0.0435. The number of aromatic nitrogens is 4. The van der Waals surface area contributed by atoms with Crippen LogP contribution in [0.25, 0.3) is 22.6 Å². The maximum Gasteiger partial charge on any atom is 0.335 e.